The van der Waals surface area contributed by atoms with Gasteiger partial charge in [-0.15, -0.1) is 0 Å². The Hall–Kier alpha value is -0.310. The van der Waals surface area contributed by atoms with Crippen LogP contribution >= 0.6 is 15.9 Å². The van der Waals surface area contributed by atoms with Gasteiger partial charge < -0.3 is 0 Å². The third kappa shape index (κ3) is 2.34. The van der Waals surface area contributed by atoms with Gasteiger partial charge in [0.15, 0.2) is 0 Å². The maximum absolute atomic E-state index is 4.68. The van der Waals surface area contributed by atoms with Gasteiger partial charge in [-0.3, -0.25) is 4.68 Å². The second kappa shape index (κ2) is 4.52. The number of halogens is 1. The third-order valence-corrected chi connectivity index (χ3v) is 4.95. The molecule has 1 aromatic heterocycles. The van der Waals surface area contributed by atoms with Crippen LogP contribution in [0.15, 0.2) is 12.3 Å². The molecule has 2 rings (SSSR count). The van der Waals surface area contributed by atoms with E-state index in [-0.39, 0.29) is 0 Å². The number of aromatic nitrogens is 2. The summed E-state index contributed by atoms with van der Waals surface area (Å²) < 4.78 is 2.10. The third-order valence-electron chi connectivity index (χ3n) is 3.98. The van der Waals surface area contributed by atoms with Crippen molar-refractivity contribution in [1.82, 2.24) is 9.78 Å². The van der Waals surface area contributed by atoms with Gasteiger partial charge in [0.1, 0.15) is 0 Å². The summed E-state index contributed by atoms with van der Waals surface area (Å²) in [6.07, 6.45) is 7.08. The second-order valence-electron chi connectivity index (χ2n) is 5.20. The predicted octanol–water partition coefficient (Wildman–Crippen LogP) is 3.96. The molecule has 0 radical (unpaired) electrons. The fourth-order valence-electron chi connectivity index (χ4n) is 2.14. The van der Waals surface area contributed by atoms with E-state index in [9.17, 15) is 0 Å². The van der Waals surface area contributed by atoms with Gasteiger partial charge in [-0.1, -0.05) is 29.8 Å². The fraction of sp³-hybridized carbons (Fsp3) is 0.769. The van der Waals surface area contributed by atoms with Gasteiger partial charge in [0.05, 0.1) is 5.69 Å². The molecule has 1 fully saturated rings. The lowest BCUT2D eigenvalue weighted by molar-refractivity contribution is 0.457. The van der Waals surface area contributed by atoms with Crippen LogP contribution in [0.2, 0.25) is 0 Å². The first-order valence-electron chi connectivity index (χ1n) is 6.25. The molecule has 16 heavy (non-hydrogen) atoms. The van der Waals surface area contributed by atoms with Crippen molar-refractivity contribution in [2.75, 3.05) is 0 Å². The van der Waals surface area contributed by atoms with Crippen molar-refractivity contribution >= 4 is 15.9 Å². The van der Waals surface area contributed by atoms with Gasteiger partial charge in [0, 0.05) is 17.1 Å². The van der Waals surface area contributed by atoms with Crippen molar-refractivity contribution in [3.63, 3.8) is 0 Å². The van der Waals surface area contributed by atoms with Crippen molar-refractivity contribution in [2.24, 2.45) is 5.41 Å². The molecular formula is C13H21BrN2. The largest absolute Gasteiger partial charge is 0.270 e. The summed E-state index contributed by atoms with van der Waals surface area (Å²) in [5.74, 6) is 0. The molecule has 1 saturated carbocycles. The van der Waals surface area contributed by atoms with Crippen LogP contribution in [0.5, 0.6) is 0 Å². The maximum Gasteiger partial charge on any atom is 0.0630 e. The predicted molar refractivity (Wildman–Crippen MR) is 71.0 cm³/mol. The van der Waals surface area contributed by atoms with Crippen LogP contribution in [0.25, 0.3) is 0 Å². The lowest BCUT2D eigenvalue weighted by atomic mass is 9.97. The van der Waals surface area contributed by atoms with Gasteiger partial charge in [-0.2, -0.15) is 5.10 Å². The highest BCUT2D eigenvalue weighted by atomic mass is 79.9. The molecule has 0 bridgehead atoms. The van der Waals surface area contributed by atoms with E-state index in [0.29, 0.717) is 16.3 Å². The minimum atomic E-state index is 0.495. The highest BCUT2D eigenvalue weighted by molar-refractivity contribution is 9.09. The van der Waals surface area contributed by atoms with Crippen molar-refractivity contribution in [1.29, 1.82) is 0 Å². The molecule has 0 saturated heterocycles. The van der Waals surface area contributed by atoms with Gasteiger partial charge >= 0.3 is 0 Å². The van der Waals surface area contributed by atoms with Crippen molar-refractivity contribution in [3.05, 3.63) is 18.0 Å². The molecule has 1 aromatic rings. The topological polar surface area (TPSA) is 17.8 Å². The van der Waals surface area contributed by atoms with Gasteiger partial charge in [-0.05, 0) is 44.1 Å². The standard InChI is InChI=1S/C13H21BrN2/c1-4-10(2)16-8-5-12(15-16)9-13(6-7-13)11(3)14/h5,8,10-11H,4,6-7,9H2,1-3H3. The first kappa shape index (κ1) is 12.2. The molecule has 1 heterocycles. The molecule has 1 aliphatic carbocycles. The van der Waals surface area contributed by atoms with Gasteiger partial charge in [0.25, 0.3) is 0 Å². The summed E-state index contributed by atoms with van der Waals surface area (Å²) in [5.41, 5.74) is 1.75. The molecule has 0 amide bonds. The van der Waals surface area contributed by atoms with E-state index in [1.807, 2.05) is 0 Å². The molecule has 0 N–H and O–H groups in total. The van der Waals surface area contributed by atoms with Crippen molar-refractivity contribution in [2.45, 2.75) is 57.3 Å². The van der Waals surface area contributed by atoms with Crippen LogP contribution in [0.4, 0.5) is 0 Å². The summed E-state index contributed by atoms with van der Waals surface area (Å²) >= 11 is 3.73. The number of rotatable bonds is 5. The smallest absolute Gasteiger partial charge is 0.0630 e. The summed E-state index contributed by atoms with van der Waals surface area (Å²) in [5, 5.41) is 4.68. The van der Waals surface area contributed by atoms with Gasteiger partial charge in [0.2, 0.25) is 0 Å². The first-order valence-corrected chi connectivity index (χ1v) is 7.17. The number of hydrogen-bond acceptors (Lipinski definition) is 1. The first-order chi connectivity index (χ1) is 7.57. The monoisotopic (exact) mass is 284 g/mol. The minimum Gasteiger partial charge on any atom is -0.270 e. The molecule has 2 nitrogen and oxygen atoms in total. The van der Waals surface area contributed by atoms with E-state index in [1.165, 1.54) is 18.5 Å². The fourth-order valence-corrected chi connectivity index (χ4v) is 2.76. The molecule has 0 aliphatic heterocycles. The Bertz CT molecular complexity index is 353. The average Bonchev–Trinajstić information content (AvgIpc) is 2.89. The minimum absolute atomic E-state index is 0.495. The number of hydrogen-bond donors (Lipinski definition) is 0. The Labute approximate surface area is 107 Å². The average molecular weight is 285 g/mol. The summed E-state index contributed by atoms with van der Waals surface area (Å²) in [7, 11) is 0. The van der Waals surface area contributed by atoms with Crippen LogP contribution in [0.1, 0.15) is 51.8 Å². The van der Waals surface area contributed by atoms with E-state index < -0.39 is 0 Å². The molecular weight excluding hydrogens is 264 g/mol. The zero-order valence-corrected chi connectivity index (χ0v) is 12.0. The maximum atomic E-state index is 4.68. The number of nitrogens with zero attached hydrogens (tertiary/aromatic N) is 2. The quantitative estimate of drug-likeness (QED) is 0.749. The zero-order chi connectivity index (χ0) is 11.8. The Kier molecular flexibility index (Phi) is 3.43. The molecule has 2 unspecified atom stereocenters. The molecule has 1 aliphatic rings. The Morgan fingerprint density at radius 2 is 2.19 bits per heavy atom. The van der Waals surface area contributed by atoms with E-state index in [1.54, 1.807) is 0 Å². The van der Waals surface area contributed by atoms with E-state index in [0.717, 1.165) is 12.8 Å². The highest BCUT2D eigenvalue weighted by Crippen LogP contribution is 2.53. The lowest BCUT2D eigenvalue weighted by Crippen LogP contribution is -2.16. The van der Waals surface area contributed by atoms with Crippen molar-refractivity contribution in [3.8, 4) is 0 Å². The Morgan fingerprint density at radius 3 is 2.69 bits per heavy atom. The zero-order valence-electron chi connectivity index (χ0n) is 10.4. The van der Waals surface area contributed by atoms with Crippen LogP contribution in [-0.4, -0.2) is 14.6 Å². The SMILES string of the molecule is CCC(C)n1ccc(CC2(C(C)Br)CC2)n1. The second-order valence-corrected chi connectivity index (χ2v) is 6.57. The van der Waals surface area contributed by atoms with Crippen LogP contribution in [-0.2, 0) is 6.42 Å². The Balaban J connectivity index is 2.03. The molecule has 90 valence electrons. The number of alkyl halides is 1. The van der Waals surface area contributed by atoms with Crippen molar-refractivity contribution < 1.29 is 0 Å². The molecule has 2 atom stereocenters. The van der Waals surface area contributed by atoms with Gasteiger partial charge in [-0.25, -0.2) is 0 Å². The van der Waals surface area contributed by atoms with E-state index in [4.69, 9.17) is 0 Å². The summed E-state index contributed by atoms with van der Waals surface area (Å²) in [4.78, 5) is 0.605. The lowest BCUT2D eigenvalue weighted by Gasteiger charge is -2.16. The van der Waals surface area contributed by atoms with E-state index >= 15 is 0 Å². The summed E-state index contributed by atoms with van der Waals surface area (Å²) in [6.45, 7) is 6.68. The van der Waals surface area contributed by atoms with Crippen LogP contribution in [0, 0.1) is 5.41 Å². The normalized spacial score (nSPS) is 21.8. The molecule has 0 spiro atoms. The molecule has 0 aromatic carbocycles. The Morgan fingerprint density at radius 1 is 1.50 bits per heavy atom. The van der Waals surface area contributed by atoms with Crippen LogP contribution < -0.4 is 0 Å². The van der Waals surface area contributed by atoms with E-state index in [2.05, 4.69) is 58.7 Å². The van der Waals surface area contributed by atoms with Crippen LogP contribution in [0.3, 0.4) is 0 Å². The molecule has 3 heteroatoms. The highest BCUT2D eigenvalue weighted by Gasteiger charge is 2.46. The summed E-state index contributed by atoms with van der Waals surface area (Å²) in [6, 6.07) is 2.70.